The summed E-state index contributed by atoms with van der Waals surface area (Å²) < 4.78 is 0. The summed E-state index contributed by atoms with van der Waals surface area (Å²) in [5, 5.41) is 3.06. The monoisotopic (exact) mass is 243 g/mol. The first-order valence-corrected chi connectivity index (χ1v) is 5.13. The fourth-order valence-electron chi connectivity index (χ4n) is 0.983. The second kappa shape index (κ2) is 4.57. The lowest BCUT2D eigenvalue weighted by atomic mass is 9.93. The van der Waals surface area contributed by atoms with E-state index in [0.717, 1.165) is 0 Å². The van der Waals surface area contributed by atoms with Gasteiger partial charge in [-0.3, -0.25) is 9.59 Å². The number of hydrogen-bond acceptors (Lipinski definition) is 2. The number of carbonyl (C=O) groups excluding carboxylic acids is 2. The molecule has 0 radical (unpaired) electrons. The maximum Gasteiger partial charge on any atom is 0.267 e. The maximum absolute atomic E-state index is 11.6. The Hall–Kier alpha value is -1.49. The van der Waals surface area contributed by atoms with Crippen molar-refractivity contribution in [3.63, 3.8) is 0 Å². The van der Waals surface area contributed by atoms with Crippen molar-refractivity contribution in [2.45, 2.75) is 13.8 Å². The number of primary amides is 1. The molecule has 0 saturated heterocycles. The highest BCUT2D eigenvalue weighted by molar-refractivity contribution is 6.30. The average Bonchev–Trinajstić information content (AvgIpc) is 2.61. The molecule has 1 rings (SSSR count). The van der Waals surface area contributed by atoms with E-state index in [1.807, 2.05) is 0 Å². The van der Waals surface area contributed by atoms with Crippen LogP contribution in [0.5, 0.6) is 0 Å². The third kappa shape index (κ3) is 3.00. The molecule has 0 fully saturated rings. The number of H-pyrrole nitrogens is 1. The summed E-state index contributed by atoms with van der Waals surface area (Å²) in [4.78, 5) is 25.3. The number of amides is 2. The van der Waals surface area contributed by atoms with Crippen molar-refractivity contribution in [3.8, 4) is 0 Å². The molecule has 0 saturated carbocycles. The topological polar surface area (TPSA) is 88.0 Å². The summed E-state index contributed by atoms with van der Waals surface area (Å²) in [6.45, 7) is 3.51. The van der Waals surface area contributed by atoms with Gasteiger partial charge in [-0.15, -0.1) is 0 Å². The molecule has 5 nitrogen and oxygen atoms in total. The Labute approximate surface area is 98.3 Å². The summed E-state index contributed by atoms with van der Waals surface area (Å²) in [5.74, 6) is -0.779. The van der Waals surface area contributed by atoms with Crippen molar-refractivity contribution in [3.05, 3.63) is 23.0 Å². The number of carbonyl (C=O) groups is 2. The number of halogens is 1. The van der Waals surface area contributed by atoms with Gasteiger partial charge in [-0.2, -0.15) is 0 Å². The van der Waals surface area contributed by atoms with Crippen molar-refractivity contribution < 1.29 is 9.59 Å². The van der Waals surface area contributed by atoms with Gasteiger partial charge < -0.3 is 16.0 Å². The minimum absolute atomic E-state index is 0.178. The molecule has 4 N–H and O–H groups in total. The van der Waals surface area contributed by atoms with Crippen LogP contribution in [-0.4, -0.2) is 23.3 Å². The van der Waals surface area contributed by atoms with Crippen LogP contribution >= 0.6 is 11.6 Å². The lowest BCUT2D eigenvalue weighted by Crippen LogP contribution is -2.42. The molecule has 0 atom stereocenters. The van der Waals surface area contributed by atoms with Crippen molar-refractivity contribution >= 4 is 23.4 Å². The number of hydrogen-bond donors (Lipinski definition) is 3. The standard InChI is InChI=1S/C10H14ClN3O2/c1-10(2,9(12)16)5-14-8(15)7-3-6(11)4-13-7/h3-4,13H,5H2,1-2H3,(H2,12,16)(H,14,15). The van der Waals surface area contributed by atoms with E-state index in [1.165, 1.54) is 12.3 Å². The van der Waals surface area contributed by atoms with Gasteiger partial charge in [-0.05, 0) is 19.9 Å². The lowest BCUT2D eigenvalue weighted by molar-refractivity contribution is -0.125. The summed E-state index contributed by atoms with van der Waals surface area (Å²) in [5.41, 5.74) is 4.76. The van der Waals surface area contributed by atoms with Crippen LogP contribution in [0.3, 0.4) is 0 Å². The molecule has 0 bridgehead atoms. The molecule has 1 aromatic heterocycles. The Kier molecular flexibility index (Phi) is 3.59. The lowest BCUT2D eigenvalue weighted by Gasteiger charge is -2.20. The van der Waals surface area contributed by atoms with E-state index in [-0.39, 0.29) is 12.5 Å². The smallest absolute Gasteiger partial charge is 0.267 e. The molecule has 88 valence electrons. The molecule has 16 heavy (non-hydrogen) atoms. The Morgan fingerprint density at radius 1 is 1.56 bits per heavy atom. The van der Waals surface area contributed by atoms with Crippen molar-refractivity contribution in [1.29, 1.82) is 0 Å². The second-order valence-electron chi connectivity index (χ2n) is 4.16. The second-order valence-corrected chi connectivity index (χ2v) is 4.60. The van der Waals surface area contributed by atoms with Crippen LogP contribution in [0.25, 0.3) is 0 Å². The normalized spacial score (nSPS) is 11.2. The van der Waals surface area contributed by atoms with Gasteiger partial charge in [-0.1, -0.05) is 11.6 Å². The zero-order valence-electron chi connectivity index (χ0n) is 9.13. The molecular weight excluding hydrogens is 230 g/mol. The van der Waals surface area contributed by atoms with E-state index < -0.39 is 11.3 Å². The molecule has 0 aromatic carbocycles. The molecule has 2 amide bonds. The van der Waals surface area contributed by atoms with E-state index in [4.69, 9.17) is 17.3 Å². The highest BCUT2D eigenvalue weighted by Crippen LogP contribution is 2.13. The molecule has 0 aliphatic rings. The predicted octanol–water partition coefficient (Wildman–Crippen LogP) is 0.909. The SMILES string of the molecule is CC(C)(CNC(=O)c1cc(Cl)c[nH]1)C(N)=O. The number of nitrogens with two attached hydrogens (primary N) is 1. The number of aromatic amines is 1. The van der Waals surface area contributed by atoms with Gasteiger partial charge in [0.15, 0.2) is 0 Å². The van der Waals surface area contributed by atoms with Crippen LogP contribution in [0.2, 0.25) is 5.02 Å². The summed E-state index contributed by atoms with van der Waals surface area (Å²) in [7, 11) is 0. The van der Waals surface area contributed by atoms with Gasteiger partial charge in [0.2, 0.25) is 5.91 Å². The highest BCUT2D eigenvalue weighted by Gasteiger charge is 2.25. The zero-order chi connectivity index (χ0) is 12.3. The highest BCUT2D eigenvalue weighted by atomic mass is 35.5. The Morgan fingerprint density at radius 3 is 2.62 bits per heavy atom. The average molecular weight is 244 g/mol. The van der Waals surface area contributed by atoms with E-state index in [2.05, 4.69) is 10.3 Å². The number of aromatic nitrogens is 1. The number of rotatable bonds is 4. The fourth-order valence-corrected chi connectivity index (χ4v) is 1.15. The molecule has 6 heteroatoms. The van der Waals surface area contributed by atoms with Crippen LogP contribution in [0, 0.1) is 5.41 Å². The maximum atomic E-state index is 11.6. The molecule has 1 heterocycles. The van der Waals surface area contributed by atoms with Gasteiger partial charge in [0.05, 0.1) is 10.4 Å². The van der Waals surface area contributed by atoms with Crippen LogP contribution < -0.4 is 11.1 Å². The third-order valence-corrected chi connectivity index (χ3v) is 2.47. The predicted molar refractivity (Wildman–Crippen MR) is 61.1 cm³/mol. The van der Waals surface area contributed by atoms with Crippen molar-refractivity contribution in [2.24, 2.45) is 11.1 Å². The van der Waals surface area contributed by atoms with Crippen LogP contribution in [0.4, 0.5) is 0 Å². The number of nitrogens with one attached hydrogen (secondary N) is 2. The van der Waals surface area contributed by atoms with Crippen molar-refractivity contribution in [1.82, 2.24) is 10.3 Å². The van der Waals surface area contributed by atoms with Crippen molar-refractivity contribution in [2.75, 3.05) is 6.54 Å². The molecule has 0 aliphatic heterocycles. The zero-order valence-corrected chi connectivity index (χ0v) is 9.89. The third-order valence-electron chi connectivity index (χ3n) is 2.25. The van der Waals surface area contributed by atoms with Crippen LogP contribution in [-0.2, 0) is 4.79 Å². The van der Waals surface area contributed by atoms with Gasteiger partial charge in [0.1, 0.15) is 5.69 Å². The first-order chi connectivity index (χ1) is 7.33. The van der Waals surface area contributed by atoms with Gasteiger partial charge in [0, 0.05) is 12.7 Å². The van der Waals surface area contributed by atoms with Crippen LogP contribution in [0.15, 0.2) is 12.3 Å². The molecular formula is C10H14ClN3O2. The van der Waals surface area contributed by atoms with E-state index >= 15 is 0 Å². The Morgan fingerprint density at radius 2 is 2.19 bits per heavy atom. The summed E-state index contributed by atoms with van der Waals surface area (Å²) in [6, 6.07) is 1.51. The summed E-state index contributed by atoms with van der Waals surface area (Å²) >= 11 is 5.66. The van der Waals surface area contributed by atoms with Crippen LogP contribution in [0.1, 0.15) is 24.3 Å². The molecule has 0 spiro atoms. The van der Waals surface area contributed by atoms with Gasteiger partial charge in [0.25, 0.3) is 5.91 Å². The minimum atomic E-state index is -0.772. The van der Waals surface area contributed by atoms with Gasteiger partial charge >= 0.3 is 0 Å². The van der Waals surface area contributed by atoms with E-state index in [0.29, 0.717) is 10.7 Å². The molecule has 0 unspecified atom stereocenters. The molecule has 0 aliphatic carbocycles. The largest absolute Gasteiger partial charge is 0.369 e. The Bertz CT molecular complexity index is 412. The quantitative estimate of drug-likeness (QED) is 0.734. The Balaban J connectivity index is 2.57. The van der Waals surface area contributed by atoms with Gasteiger partial charge in [-0.25, -0.2) is 0 Å². The first-order valence-electron chi connectivity index (χ1n) is 4.75. The minimum Gasteiger partial charge on any atom is -0.369 e. The van der Waals surface area contributed by atoms with E-state index in [9.17, 15) is 9.59 Å². The summed E-state index contributed by atoms with van der Waals surface area (Å²) in [6.07, 6.45) is 1.51. The molecule has 1 aromatic rings. The van der Waals surface area contributed by atoms with E-state index in [1.54, 1.807) is 13.8 Å². The first kappa shape index (κ1) is 12.6. The fraction of sp³-hybridized carbons (Fsp3) is 0.400.